The van der Waals surface area contributed by atoms with Crippen molar-refractivity contribution < 1.29 is 4.79 Å². The number of hydrogen-bond donors (Lipinski definition) is 3. The second-order valence-electron chi connectivity index (χ2n) is 7.15. The molecule has 1 atom stereocenters. The van der Waals surface area contributed by atoms with E-state index < -0.39 is 5.91 Å². The molecule has 2 bridgehead atoms. The molecule has 3 fully saturated rings. The summed E-state index contributed by atoms with van der Waals surface area (Å²) in [7, 11) is 0. The predicted octanol–water partition coefficient (Wildman–Crippen LogP) is 4.10. The summed E-state index contributed by atoms with van der Waals surface area (Å²) in [4.78, 5) is 33.3. The molecule has 0 aromatic carbocycles. The summed E-state index contributed by atoms with van der Waals surface area (Å²) >= 11 is 9.30. The van der Waals surface area contributed by atoms with E-state index in [-0.39, 0.29) is 5.56 Å². The van der Waals surface area contributed by atoms with Crippen molar-refractivity contribution in [3.05, 3.63) is 40.8 Å². The van der Waals surface area contributed by atoms with Crippen LogP contribution in [0, 0.1) is 5.92 Å². The lowest BCUT2D eigenvalue weighted by atomic mass is 9.83. The van der Waals surface area contributed by atoms with E-state index in [1.165, 1.54) is 35.5 Å². The fourth-order valence-corrected chi connectivity index (χ4v) is 6.71. The normalized spacial score (nSPS) is 23.0. The summed E-state index contributed by atoms with van der Waals surface area (Å²) in [5, 5.41) is 0. The van der Waals surface area contributed by atoms with Crippen LogP contribution in [0.1, 0.15) is 40.8 Å². The molecular weight excluding hydrogens is 542 g/mol. The highest BCUT2D eigenvalue weighted by molar-refractivity contribution is 9.11. The maximum Gasteiger partial charge on any atom is 0.268 e. The third-order valence-corrected chi connectivity index (χ3v) is 8.58. The summed E-state index contributed by atoms with van der Waals surface area (Å²) in [6.07, 6.45) is 3.74. The molecule has 6 rings (SSSR count). The first-order chi connectivity index (χ1) is 13.8. The van der Waals surface area contributed by atoms with Crippen LogP contribution in [0.4, 0.5) is 5.69 Å². The number of primary amides is 1. The Morgan fingerprint density at radius 3 is 2.41 bits per heavy atom. The smallest absolute Gasteiger partial charge is 0.268 e. The lowest BCUT2D eigenvalue weighted by Crippen LogP contribution is -2.44. The quantitative estimate of drug-likeness (QED) is 0.436. The van der Waals surface area contributed by atoms with Gasteiger partial charge in [-0.15, -0.1) is 22.7 Å². The van der Waals surface area contributed by atoms with Crippen molar-refractivity contribution in [1.29, 1.82) is 0 Å². The van der Waals surface area contributed by atoms with E-state index in [1.54, 1.807) is 6.07 Å². The van der Waals surface area contributed by atoms with Gasteiger partial charge in [0.05, 0.1) is 24.8 Å². The van der Waals surface area contributed by atoms with Crippen molar-refractivity contribution in [1.82, 2.24) is 14.9 Å². The average molecular weight is 561 g/mol. The Morgan fingerprint density at radius 1 is 1.21 bits per heavy atom. The number of carbonyl (C=O) groups excluding carboxylic acids is 1. The van der Waals surface area contributed by atoms with Gasteiger partial charge in [0.25, 0.3) is 11.5 Å². The van der Waals surface area contributed by atoms with Crippen LogP contribution in [-0.4, -0.2) is 33.9 Å². The monoisotopic (exact) mass is 559 g/mol. The Balaban J connectivity index is 0.000000174. The number of nitrogens with one attached hydrogen (secondary N) is 1. The molecule has 0 unspecified atom stereocenters. The highest BCUT2D eigenvalue weighted by Crippen LogP contribution is 2.39. The molecule has 3 aromatic heterocycles. The zero-order chi connectivity index (χ0) is 20.7. The first-order valence-electron chi connectivity index (χ1n) is 9.09. The number of piperidine rings is 3. The summed E-state index contributed by atoms with van der Waals surface area (Å²) in [5.41, 5.74) is 11.7. The number of thiophene rings is 2. The van der Waals surface area contributed by atoms with Gasteiger partial charge in [0.15, 0.2) is 0 Å². The van der Waals surface area contributed by atoms with Crippen molar-refractivity contribution in [2.24, 2.45) is 11.7 Å². The summed E-state index contributed by atoms with van der Waals surface area (Å²) in [6.45, 7) is 2.29. The number of aromatic amines is 1. The van der Waals surface area contributed by atoms with Gasteiger partial charge in [-0.05, 0) is 82.3 Å². The molecule has 3 aromatic rings. The van der Waals surface area contributed by atoms with Gasteiger partial charge >= 0.3 is 0 Å². The van der Waals surface area contributed by atoms with E-state index >= 15 is 0 Å². The molecule has 0 aliphatic carbocycles. The number of amides is 1. The van der Waals surface area contributed by atoms with Crippen LogP contribution in [0.15, 0.2) is 24.5 Å². The van der Waals surface area contributed by atoms with Gasteiger partial charge in [0.1, 0.15) is 15.4 Å². The molecule has 1 amide bonds. The maximum absolute atomic E-state index is 12.1. The Kier molecular flexibility index (Phi) is 6.12. The minimum absolute atomic E-state index is 0.00153. The standard InChI is InChI=1S/C13H14BrN3OS.C5H5BrN2OS/c14-10-6-8-11(19-10)13(18)16-12(15-8)9-5-7-1-3-17(9)4-2-7;6-3-1-2(7)4(10-3)5(8)9/h6-7,9H,1-5H2,(H,15,16,18);1H,7H2,(H2,8,9)/t9-;/m0./s1. The van der Waals surface area contributed by atoms with Gasteiger partial charge in [-0.25, -0.2) is 4.98 Å². The minimum atomic E-state index is -0.479. The summed E-state index contributed by atoms with van der Waals surface area (Å²) in [5.74, 6) is 1.19. The van der Waals surface area contributed by atoms with E-state index in [0.717, 1.165) is 44.3 Å². The molecule has 0 saturated carbocycles. The number of nitrogens with two attached hydrogens (primary N) is 2. The van der Waals surface area contributed by atoms with E-state index in [1.807, 2.05) is 6.07 Å². The second-order valence-corrected chi connectivity index (χ2v) is 12.0. The third-order valence-electron chi connectivity index (χ3n) is 5.29. The number of rotatable bonds is 2. The minimum Gasteiger partial charge on any atom is -0.397 e. The Morgan fingerprint density at radius 2 is 1.90 bits per heavy atom. The van der Waals surface area contributed by atoms with Gasteiger partial charge in [0, 0.05) is 0 Å². The van der Waals surface area contributed by atoms with Crippen LogP contribution in [-0.2, 0) is 0 Å². The molecule has 29 heavy (non-hydrogen) atoms. The summed E-state index contributed by atoms with van der Waals surface area (Å²) in [6, 6.07) is 3.91. The Bertz CT molecular complexity index is 1120. The number of H-pyrrole nitrogens is 1. The predicted molar refractivity (Wildman–Crippen MR) is 125 cm³/mol. The fraction of sp³-hybridized carbons (Fsp3) is 0.389. The lowest BCUT2D eigenvalue weighted by Gasteiger charge is -2.44. The first kappa shape index (κ1) is 21.0. The van der Waals surface area contributed by atoms with Crippen LogP contribution < -0.4 is 17.0 Å². The number of aromatic nitrogens is 2. The van der Waals surface area contributed by atoms with E-state index in [4.69, 9.17) is 11.5 Å². The van der Waals surface area contributed by atoms with Crippen LogP contribution in [0.3, 0.4) is 0 Å². The number of fused-ring (bicyclic) bond motifs is 4. The summed E-state index contributed by atoms with van der Waals surface area (Å²) < 4.78 is 2.49. The zero-order valence-electron chi connectivity index (χ0n) is 15.3. The molecule has 7 nitrogen and oxygen atoms in total. The van der Waals surface area contributed by atoms with E-state index in [9.17, 15) is 9.59 Å². The number of hydrogen-bond acceptors (Lipinski definition) is 7. The highest BCUT2D eigenvalue weighted by atomic mass is 79.9. The van der Waals surface area contributed by atoms with Gasteiger partial charge in [-0.3, -0.25) is 14.5 Å². The molecule has 154 valence electrons. The lowest BCUT2D eigenvalue weighted by molar-refractivity contribution is 0.0445. The van der Waals surface area contributed by atoms with Gasteiger partial charge in [-0.2, -0.15) is 0 Å². The number of nitrogens with zero attached hydrogens (tertiary/aromatic N) is 2. The van der Waals surface area contributed by atoms with E-state index in [0.29, 0.717) is 21.3 Å². The maximum atomic E-state index is 12.1. The molecule has 3 aliphatic heterocycles. The third kappa shape index (κ3) is 4.43. The van der Waals surface area contributed by atoms with Crippen LogP contribution in [0.2, 0.25) is 0 Å². The van der Waals surface area contributed by atoms with Gasteiger partial charge in [0.2, 0.25) is 0 Å². The number of halogens is 2. The molecular formula is C18H19Br2N5O2S2. The first-order valence-corrected chi connectivity index (χ1v) is 12.3. The molecule has 3 saturated heterocycles. The fourth-order valence-electron chi connectivity index (χ4n) is 3.90. The Hall–Kier alpha value is -1.27. The average Bonchev–Trinajstić information content (AvgIpc) is 3.24. The van der Waals surface area contributed by atoms with E-state index in [2.05, 4.69) is 46.7 Å². The largest absolute Gasteiger partial charge is 0.397 e. The van der Waals surface area contributed by atoms with Crippen LogP contribution in [0.25, 0.3) is 10.2 Å². The van der Waals surface area contributed by atoms with Crippen LogP contribution in [0.5, 0.6) is 0 Å². The number of anilines is 1. The highest BCUT2D eigenvalue weighted by Gasteiger charge is 2.35. The molecule has 0 spiro atoms. The topological polar surface area (TPSA) is 118 Å². The Labute approximate surface area is 191 Å². The number of carbonyl (C=O) groups is 1. The molecule has 6 heterocycles. The molecule has 0 radical (unpaired) electrons. The second kappa shape index (κ2) is 8.46. The van der Waals surface area contributed by atoms with Crippen molar-refractivity contribution in [3.8, 4) is 0 Å². The van der Waals surface area contributed by atoms with Crippen molar-refractivity contribution in [2.75, 3.05) is 18.8 Å². The van der Waals surface area contributed by atoms with Gasteiger partial charge < -0.3 is 16.5 Å². The van der Waals surface area contributed by atoms with Crippen molar-refractivity contribution in [2.45, 2.75) is 25.3 Å². The SMILES string of the molecule is NC(=O)c1sc(Br)cc1N.O=c1[nH]c([C@@H]2CC3CCN2CC3)nc2cc(Br)sc12. The molecule has 3 aliphatic rings. The van der Waals surface area contributed by atoms with Crippen molar-refractivity contribution >= 4 is 76.3 Å². The van der Waals surface area contributed by atoms with Crippen molar-refractivity contribution in [3.63, 3.8) is 0 Å². The molecule has 5 N–H and O–H groups in total. The van der Waals surface area contributed by atoms with Crippen LogP contribution >= 0.6 is 54.5 Å². The number of nitrogen functional groups attached to an aromatic ring is 1. The van der Waals surface area contributed by atoms with Gasteiger partial charge in [-0.1, -0.05) is 0 Å². The zero-order valence-corrected chi connectivity index (χ0v) is 20.1. The molecule has 11 heteroatoms.